The maximum atomic E-state index is 12.6. The van der Waals surface area contributed by atoms with E-state index in [1.165, 1.54) is 16.8 Å². The first-order chi connectivity index (χ1) is 11.8. The standard InChI is InChI=1S/C20H23N3O/c24-20(21-19-11-10-16-6-4-5-9-18(16)19)23-14-12-22(13-15-23)17-7-2-1-3-8-17/h1-9,19H,10-15H2,(H,21,24). The number of amides is 2. The Labute approximate surface area is 143 Å². The van der Waals surface area contributed by atoms with Gasteiger partial charge in [-0.25, -0.2) is 4.79 Å². The number of urea groups is 1. The number of para-hydroxylation sites is 1. The number of anilines is 1. The number of piperazine rings is 1. The van der Waals surface area contributed by atoms with Crippen LogP contribution < -0.4 is 10.2 Å². The van der Waals surface area contributed by atoms with Crippen molar-refractivity contribution in [2.24, 2.45) is 0 Å². The van der Waals surface area contributed by atoms with Crippen molar-refractivity contribution in [2.45, 2.75) is 18.9 Å². The minimum absolute atomic E-state index is 0.0735. The van der Waals surface area contributed by atoms with Crippen LogP contribution in [0.25, 0.3) is 0 Å². The second-order valence-corrected chi connectivity index (χ2v) is 6.55. The van der Waals surface area contributed by atoms with Crippen molar-refractivity contribution < 1.29 is 4.79 Å². The summed E-state index contributed by atoms with van der Waals surface area (Å²) in [5.41, 5.74) is 3.90. The summed E-state index contributed by atoms with van der Waals surface area (Å²) in [7, 11) is 0. The van der Waals surface area contributed by atoms with Gasteiger partial charge in [-0.1, -0.05) is 42.5 Å². The number of hydrogen-bond donors (Lipinski definition) is 1. The summed E-state index contributed by atoms with van der Waals surface area (Å²) in [6, 6.07) is 19.1. The minimum Gasteiger partial charge on any atom is -0.368 e. The van der Waals surface area contributed by atoms with Gasteiger partial charge in [0.05, 0.1) is 6.04 Å². The third-order valence-electron chi connectivity index (χ3n) is 5.12. The van der Waals surface area contributed by atoms with E-state index in [0.29, 0.717) is 0 Å². The van der Waals surface area contributed by atoms with Crippen LogP contribution in [0.4, 0.5) is 10.5 Å². The number of rotatable bonds is 2. The number of nitrogens with zero attached hydrogens (tertiary/aromatic N) is 2. The molecule has 1 aliphatic carbocycles. The molecule has 1 aliphatic heterocycles. The Hall–Kier alpha value is -2.49. The highest BCUT2D eigenvalue weighted by Gasteiger charge is 2.27. The SMILES string of the molecule is O=C(NC1CCc2ccccc21)N1CCN(c2ccccc2)CC1. The first-order valence-electron chi connectivity index (χ1n) is 8.74. The van der Waals surface area contributed by atoms with Crippen molar-refractivity contribution in [2.75, 3.05) is 31.1 Å². The molecule has 2 amide bonds. The Bertz CT molecular complexity index is 708. The molecule has 4 nitrogen and oxygen atoms in total. The number of carbonyl (C=O) groups excluding carboxylic acids is 1. The lowest BCUT2D eigenvalue weighted by atomic mass is 10.1. The molecule has 1 atom stereocenters. The van der Waals surface area contributed by atoms with Crippen molar-refractivity contribution in [1.82, 2.24) is 10.2 Å². The van der Waals surface area contributed by atoms with Crippen molar-refractivity contribution in [3.8, 4) is 0 Å². The Morgan fingerprint density at radius 2 is 1.62 bits per heavy atom. The fraction of sp³-hybridized carbons (Fsp3) is 0.350. The second-order valence-electron chi connectivity index (χ2n) is 6.55. The fourth-order valence-corrected chi connectivity index (χ4v) is 3.75. The summed E-state index contributed by atoms with van der Waals surface area (Å²) in [4.78, 5) is 16.9. The molecule has 1 heterocycles. The molecule has 1 fully saturated rings. The van der Waals surface area contributed by atoms with Crippen LogP contribution in [0, 0.1) is 0 Å². The van der Waals surface area contributed by atoms with Crippen LogP contribution in [-0.2, 0) is 6.42 Å². The molecule has 4 rings (SSSR count). The first-order valence-corrected chi connectivity index (χ1v) is 8.74. The highest BCUT2D eigenvalue weighted by molar-refractivity contribution is 5.75. The Balaban J connectivity index is 1.34. The van der Waals surface area contributed by atoms with Gasteiger partial charge in [0, 0.05) is 31.9 Å². The van der Waals surface area contributed by atoms with E-state index in [-0.39, 0.29) is 12.1 Å². The largest absolute Gasteiger partial charge is 0.368 e. The van der Waals surface area contributed by atoms with Gasteiger partial charge >= 0.3 is 6.03 Å². The fourth-order valence-electron chi connectivity index (χ4n) is 3.75. The molecule has 0 bridgehead atoms. The Kier molecular flexibility index (Phi) is 4.11. The smallest absolute Gasteiger partial charge is 0.318 e. The zero-order valence-electron chi connectivity index (χ0n) is 13.8. The predicted octanol–water partition coefficient (Wildman–Crippen LogP) is 3.21. The Morgan fingerprint density at radius 3 is 2.42 bits per heavy atom. The Morgan fingerprint density at radius 1 is 0.917 bits per heavy atom. The average molecular weight is 321 g/mol. The van der Waals surface area contributed by atoms with Crippen LogP contribution in [0.3, 0.4) is 0 Å². The monoisotopic (exact) mass is 321 g/mol. The molecule has 1 N–H and O–H groups in total. The van der Waals surface area contributed by atoms with Crippen molar-refractivity contribution in [3.63, 3.8) is 0 Å². The van der Waals surface area contributed by atoms with Gasteiger partial charge in [0.2, 0.25) is 0 Å². The molecule has 2 aromatic carbocycles. The average Bonchev–Trinajstić information content (AvgIpc) is 3.06. The summed E-state index contributed by atoms with van der Waals surface area (Å²) in [6.45, 7) is 3.32. The molecular weight excluding hydrogens is 298 g/mol. The molecule has 2 aliphatic rings. The van der Waals surface area contributed by atoms with Crippen molar-refractivity contribution in [3.05, 3.63) is 65.7 Å². The van der Waals surface area contributed by atoms with Gasteiger partial charge in [-0.3, -0.25) is 0 Å². The second kappa shape index (κ2) is 6.56. The maximum Gasteiger partial charge on any atom is 0.318 e. The van der Waals surface area contributed by atoms with Gasteiger partial charge < -0.3 is 15.1 Å². The van der Waals surface area contributed by atoms with Gasteiger partial charge in [0.25, 0.3) is 0 Å². The van der Waals surface area contributed by atoms with Gasteiger partial charge in [-0.2, -0.15) is 0 Å². The number of benzene rings is 2. The zero-order chi connectivity index (χ0) is 16.4. The van der Waals surface area contributed by atoms with Gasteiger partial charge in [-0.15, -0.1) is 0 Å². The number of aryl methyl sites for hydroxylation is 1. The lowest BCUT2D eigenvalue weighted by molar-refractivity contribution is 0.190. The predicted molar refractivity (Wildman–Crippen MR) is 96.3 cm³/mol. The highest BCUT2D eigenvalue weighted by Crippen LogP contribution is 2.30. The van der Waals surface area contributed by atoms with E-state index >= 15 is 0 Å². The van der Waals surface area contributed by atoms with Crippen molar-refractivity contribution >= 4 is 11.7 Å². The minimum atomic E-state index is 0.0735. The number of nitrogens with one attached hydrogen (secondary N) is 1. The lowest BCUT2D eigenvalue weighted by Gasteiger charge is -2.36. The van der Waals surface area contributed by atoms with Gasteiger partial charge in [0.15, 0.2) is 0 Å². The van der Waals surface area contributed by atoms with Gasteiger partial charge in [-0.05, 0) is 36.1 Å². The van der Waals surface area contributed by atoms with E-state index in [4.69, 9.17) is 0 Å². The normalized spacial score (nSPS) is 19.9. The van der Waals surface area contributed by atoms with E-state index in [9.17, 15) is 4.79 Å². The zero-order valence-corrected chi connectivity index (χ0v) is 13.8. The maximum absolute atomic E-state index is 12.6. The molecule has 1 saturated heterocycles. The summed E-state index contributed by atoms with van der Waals surface area (Å²) in [5, 5.41) is 3.23. The molecular formula is C20H23N3O. The molecule has 4 heteroatoms. The van der Waals surface area contributed by atoms with Crippen LogP contribution in [-0.4, -0.2) is 37.1 Å². The van der Waals surface area contributed by atoms with E-state index in [0.717, 1.165) is 39.0 Å². The summed E-state index contributed by atoms with van der Waals surface area (Å²) >= 11 is 0. The lowest BCUT2D eigenvalue weighted by Crippen LogP contribution is -2.52. The highest BCUT2D eigenvalue weighted by atomic mass is 16.2. The first kappa shape index (κ1) is 15.1. The molecule has 0 spiro atoms. The third kappa shape index (κ3) is 2.96. The van der Waals surface area contributed by atoms with Gasteiger partial charge in [0.1, 0.15) is 0 Å². The molecule has 0 radical (unpaired) electrons. The number of fused-ring (bicyclic) bond motifs is 1. The topological polar surface area (TPSA) is 35.6 Å². The van der Waals surface area contributed by atoms with Crippen LogP contribution >= 0.6 is 0 Å². The quantitative estimate of drug-likeness (QED) is 0.922. The molecule has 2 aromatic rings. The van der Waals surface area contributed by atoms with Crippen LogP contribution in [0.5, 0.6) is 0 Å². The summed E-state index contributed by atoms with van der Waals surface area (Å²) in [5.74, 6) is 0. The molecule has 24 heavy (non-hydrogen) atoms. The summed E-state index contributed by atoms with van der Waals surface area (Å²) in [6.07, 6.45) is 2.07. The molecule has 0 saturated carbocycles. The van der Waals surface area contributed by atoms with Crippen LogP contribution in [0.1, 0.15) is 23.6 Å². The molecule has 124 valence electrons. The van der Waals surface area contributed by atoms with Crippen molar-refractivity contribution in [1.29, 1.82) is 0 Å². The van der Waals surface area contributed by atoms with E-state index < -0.39 is 0 Å². The van der Waals surface area contributed by atoms with E-state index in [1.807, 2.05) is 11.0 Å². The van der Waals surface area contributed by atoms with E-state index in [2.05, 4.69) is 58.7 Å². The third-order valence-corrected chi connectivity index (χ3v) is 5.12. The number of carbonyl (C=O) groups is 1. The molecule has 0 aromatic heterocycles. The number of hydrogen-bond acceptors (Lipinski definition) is 2. The summed E-state index contributed by atoms with van der Waals surface area (Å²) < 4.78 is 0. The molecule has 1 unspecified atom stereocenters. The van der Waals surface area contributed by atoms with Crippen LogP contribution in [0.2, 0.25) is 0 Å². The van der Waals surface area contributed by atoms with Crippen LogP contribution in [0.15, 0.2) is 54.6 Å². The van der Waals surface area contributed by atoms with E-state index in [1.54, 1.807) is 0 Å².